The van der Waals surface area contributed by atoms with E-state index in [1.54, 1.807) is 6.33 Å². The lowest BCUT2D eigenvalue weighted by molar-refractivity contribution is 0.111. The maximum atomic E-state index is 10.5. The van der Waals surface area contributed by atoms with Crippen LogP contribution in [0, 0.1) is 0 Å². The maximum absolute atomic E-state index is 10.5. The molecular weight excluding hydrogens is 168 g/mol. The van der Waals surface area contributed by atoms with Gasteiger partial charge in [0.1, 0.15) is 5.69 Å². The van der Waals surface area contributed by atoms with Crippen molar-refractivity contribution in [1.29, 1.82) is 0 Å². The smallest absolute Gasteiger partial charge is 0.170 e. The van der Waals surface area contributed by atoms with Crippen molar-refractivity contribution in [2.75, 3.05) is 7.11 Å². The lowest BCUT2D eigenvalue weighted by Crippen LogP contribution is -2.14. The number of carbonyl (C=O) groups excluding carboxylic acids is 1. The summed E-state index contributed by atoms with van der Waals surface area (Å²) in [7, 11) is 1.00. The molecule has 4 heteroatoms. The van der Waals surface area contributed by atoms with Crippen LogP contribution in [0.25, 0.3) is 0 Å². The van der Waals surface area contributed by atoms with Crippen LogP contribution in [-0.2, 0) is 5.41 Å². The number of aromatic nitrogens is 2. The Balaban J connectivity index is 0.000000671. The normalized spacial score (nSPS) is 10.2. The van der Waals surface area contributed by atoms with E-state index >= 15 is 0 Å². The number of imidazole rings is 1. The molecule has 0 radical (unpaired) electrons. The van der Waals surface area contributed by atoms with Gasteiger partial charge in [0.25, 0.3) is 0 Å². The molecule has 0 amide bonds. The van der Waals surface area contributed by atoms with Crippen molar-refractivity contribution in [2.24, 2.45) is 0 Å². The number of nitrogens with zero attached hydrogens (tertiary/aromatic N) is 1. The first-order valence-electron chi connectivity index (χ1n) is 3.99. The number of nitrogens with one attached hydrogen (secondary N) is 1. The number of hydrogen-bond acceptors (Lipinski definition) is 3. The molecule has 0 spiro atoms. The summed E-state index contributed by atoms with van der Waals surface area (Å²) in [5.41, 5.74) is 1.37. The number of aliphatic hydroxyl groups excluding tert-OH is 1. The lowest BCUT2D eigenvalue weighted by atomic mass is 9.91. The summed E-state index contributed by atoms with van der Waals surface area (Å²) in [6.45, 7) is 6.11. The van der Waals surface area contributed by atoms with Gasteiger partial charge >= 0.3 is 0 Å². The molecule has 0 aromatic carbocycles. The SMILES string of the molecule is CC(C)(C)c1[nH]cnc1C=O.CO. The highest BCUT2D eigenvalue weighted by Gasteiger charge is 2.19. The molecule has 4 nitrogen and oxygen atoms in total. The number of aromatic amines is 1. The van der Waals surface area contributed by atoms with E-state index in [1.165, 1.54) is 0 Å². The number of hydrogen-bond donors (Lipinski definition) is 2. The molecule has 13 heavy (non-hydrogen) atoms. The summed E-state index contributed by atoms with van der Waals surface area (Å²) in [4.78, 5) is 17.3. The number of aldehydes is 1. The van der Waals surface area contributed by atoms with Crippen molar-refractivity contribution in [2.45, 2.75) is 26.2 Å². The summed E-state index contributed by atoms with van der Waals surface area (Å²) in [5.74, 6) is 0. The number of aliphatic hydroxyl groups is 1. The molecule has 0 saturated carbocycles. The van der Waals surface area contributed by atoms with E-state index in [0.29, 0.717) is 5.69 Å². The third kappa shape index (κ3) is 2.99. The lowest BCUT2D eigenvalue weighted by Gasteiger charge is -2.16. The van der Waals surface area contributed by atoms with Crippen LogP contribution in [0.5, 0.6) is 0 Å². The average Bonchev–Trinajstić information content (AvgIpc) is 2.54. The number of rotatable bonds is 1. The van der Waals surface area contributed by atoms with Gasteiger partial charge in [-0.25, -0.2) is 4.98 Å². The largest absolute Gasteiger partial charge is 0.400 e. The highest BCUT2D eigenvalue weighted by molar-refractivity contribution is 5.74. The van der Waals surface area contributed by atoms with Crippen molar-refractivity contribution in [1.82, 2.24) is 9.97 Å². The monoisotopic (exact) mass is 184 g/mol. The zero-order valence-corrected chi connectivity index (χ0v) is 8.46. The van der Waals surface area contributed by atoms with Gasteiger partial charge in [0.15, 0.2) is 6.29 Å². The number of H-pyrrole nitrogens is 1. The third-order valence-electron chi connectivity index (χ3n) is 1.53. The topological polar surface area (TPSA) is 66.0 Å². The van der Waals surface area contributed by atoms with E-state index in [1.807, 2.05) is 20.8 Å². The second kappa shape index (κ2) is 4.77. The minimum absolute atomic E-state index is 0.0350. The Morgan fingerprint density at radius 3 is 2.31 bits per heavy atom. The molecule has 1 aromatic heterocycles. The van der Waals surface area contributed by atoms with E-state index in [-0.39, 0.29) is 5.41 Å². The van der Waals surface area contributed by atoms with Gasteiger partial charge in [0.05, 0.1) is 12.0 Å². The first-order chi connectivity index (χ1) is 6.05. The highest BCUT2D eigenvalue weighted by atomic mass is 16.2. The highest BCUT2D eigenvalue weighted by Crippen LogP contribution is 2.21. The first-order valence-corrected chi connectivity index (χ1v) is 3.99. The minimum Gasteiger partial charge on any atom is -0.400 e. The van der Waals surface area contributed by atoms with Gasteiger partial charge in [-0.15, -0.1) is 0 Å². The Bertz CT molecular complexity index is 261. The third-order valence-corrected chi connectivity index (χ3v) is 1.53. The summed E-state index contributed by atoms with van der Waals surface area (Å²) in [6, 6.07) is 0. The molecule has 0 aliphatic carbocycles. The molecular formula is C9H16N2O2. The fourth-order valence-electron chi connectivity index (χ4n) is 0.995. The summed E-state index contributed by atoms with van der Waals surface area (Å²) in [6.07, 6.45) is 2.32. The predicted molar refractivity (Wildman–Crippen MR) is 50.8 cm³/mol. The van der Waals surface area contributed by atoms with E-state index in [9.17, 15) is 4.79 Å². The molecule has 0 fully saturated rings. The Morgan fingerprint density at radius 2 is 2.00 bits per heavy atom. The van der Waals surface area contributed by atoms with E-state index in [0.717, 1.165) is 19.1 Å². The zero-order chi connectivity index (χ0) is 10.5. The van der Waals surface area contributed by atoms with Crippen LogP contribution >= 0.6 is 0 Å². The molecule has 0 bridgehead atoms. The van der Waals surface area contributed by atoms with Crippen molar-refractivity contribution >= 4 is 6.29 Å². The summed E-state index contributed by atoms with van der Waals surface area (Å²) in [5, 5.41) is 7.00. The molecule has 0 saturated heterocycles. The summed E-state index contributed by atoms with van der Waals surface area (Å²) >= 11 is 0. The molecule has 0 unspecified atom stereocenters. The van der Waals surface area contributed by atoms with Gasteiger partial charge < -0.3 is 10.1 Å². The standard InChI is InChI=1S/C8H12N2O.CH4O/c1-8(2,3)7-6(4-11)9-5-10-7;1-2/h4-5H,1-3H3,(H,9,10);2H,1H3. The van der Waals surface area contributed by atoms with Gasteiger partial charge in [-0.2, -0.15) is 0 Å². The molecule has 74 valence electrons. The molecule has 1 aromatic rings. The minimum atomic E-state index is -0.0350. The molecule has 0 atom stereocenters. The van der Waals surface area contributed by atoms with Crippen LogP contribution in [0.4, 0.5) is 0 Å². The van der Waals surface area contributed by atoms with E-state index in [2.05, 4.69) is 9.97 Å². The van der Waals surface area contributed by atoms with Gasteiger partial charge in [0, 0.05) is 12.5 Å². The van der Waals surface area contributed by atoms with Crippen molar-refractivity contribution in [3.63, 3.8) is 0 Å². The van der Waals surface area contributed by atoms with Crippen molar-refractivity contribution in [3.05, 3.63) is 17.7 Å². The fraction of sp³-hybridized carbons (Fsp3) is 0.556. The van der Waals surface area contributed by atoms with Crippen molar-refractivity contribution < 1.29 is 9.90 Å². The van der Waals surface area contributed by atoms with Gasteiger partial charge in [-0.05, 0) is 0 Å². The fourth-order valence-corrected chi connectivity index (χ4v) is 0.995. The Kier molecular flexibility index (Phi) is 4.34. The average molecular weight is 184 g/mol. The Morgan fingerprint density at radius 1 is 1.46 bits per heavy atom. The molecule has 1 heterocycles. The quantitative estimate of drug-likeness (QED) is 0.643. The molecule has 1 rings (SSSR count). The van der Waals surface area contributed by atoms with Crippen LogP contribution < -0.4 is 0 Å². The molecule has 2 N–H and O–H groups in total. The Labute approximate surface area is 78.0 Å². The summed E-state index contributed by atoms with van der Waals surface area (Å²) < 4.78 is 0. The zero-order valence-electron chi connectivity index (χ0n) is 8.46. The van der Waals surface area contributed by atoms with Gasteiger partial charge in [-0.3, -0.25) is 4.79 Å². The second-order valence-electron chi connectivity index (χ2n) is 3.53. The molecule has 0 aliphatic heterocycles. The van der Waals surface area contributed by atoms with Crippen LogP contribution in [0.1, 0.15) is 37.0 Å². The van der Waals surface area contributed by atoms with Crippen LogP contribution in [0.2, 0.25) is 0 Å². The predicted octanol–water partition coefficient (Wildman–Crippen LogP) is 1.13. The van der Waals surface area contributed by atoms with E-state index < -0.39 is 0 Å². The first kappa shape index (κ1) is 11.8. The number of carbonyl (C=O) groups is 1. The maximum Gasteiger partial charge on any atom is 0.170 e. The van der Waals surface area contributed by atoms with Crippen LogP contribution in [-0.4, -0.2) is 28.5 Å². The van der Waals surface area contributed by atoms with Gasteiger partial charge in [-0.1, -0.05) is 20.8 Å². The van der Waals surface area contributed by atoms with Crippen LogP contribution in [0.3, 0.4) is 0 Å². The second-order valence-corrected chi connectivity index (χ2v) is 3.53. The van der Waals surface area contributed by atoms with Crippen LogP contribution in [0.15, 0.2) is 6.33 Å². The molecule has 0 aliphatic rings. The van der Waals surface area contributed by atoms with Gasteiger partial charge in [0.2, 0.25) is 0 Å². The van der Waals surface area contributed by atoms with E-state index in [4.69, 9.17) is 5.11 Å². The Hall–Kier alpha value is -1.16. The van der Waals surface area contributed by atoms with Crippen molar-refractivity contribution in [3.8, 4) is 0 Å².